The van der Waals surface area contributed by atoms with E-state index in [-0.39, 0.29) is 11.9 Å². The van der Waals surface area contributed by atoms with Crippen LogP contribution in [0.15, 0.2) is 48.2 Å². The van der Waals surface area contributed by atoms with Gasteiger partial charge in [0.05, 0.1) is 0 Å². The normalized spacial score (nSPS) is 22.5. The van der Waals surface area contributed by atoms with Crippen molar-refractivity contribution in [1.82, 2.24) is 10.6 Å². The van der Waals surface area contributed by atoms with Crippen LogP contribution in [0.3, 0.4) is 0 Å². The molecule has 1 amide bonds. The maximum atomic E-state index is 11.6. The number of rotatable bonds is 3. The van der Waals surface area contributed by atoms with Gasteiger partial charge < -0.3 is 10.6 Å². The lowest BCUT2D eigenvalue weighted by Gasteiger charge is -2.22. The van der Waals surface area contributed by atoms with Crippen LogP contribution in [-0.4, -0.2) is 18.5 Å². The van der Waals surface area contributed by atoms with Crippen LogP contribution in [0.5, 0.6) is 0 Å². The molecule has 1 heterocycles. The van der Waals surface area contributed by atoms with Crippen LogP contribution >= 0.6 is 0 Å². The van der Waals surface area contributed by atoms with E-state index < -0.39 is 0 Å². The van der Waals surface area contributed by atoms with E-state index in [0.29, 0.717) is 6.54 Å². The van der Waals surface area contributed by atoms with Gasteiger partial charge in [0.25, 0.3) is 0 Å². The SMILES string of the molecule is C=C1NC(C(=O)NCC)C=C/C1=C/C=C\C. The van der Waals surface area contributed by atoms with Crippen LogP contribution in [0.2, 0.25) is 0 Å². The van der Waals surface area contributed by atoms with Gasteiger partial charge in [-0.15, -0.1) is 0 Å². The fraction of sp³-hybridized carbons (Fsp3) is 0.308. The third-order valence-corrected chi connectivity index (χ3v) is 2.25. The number of amides is 1. The van der Waals surface area contributed by atoms with Gasteiger partial charge in [-0.05, 0) is 19.4 Å². The molecular formula is C13H18N2O. The Bertz CT molecular complexity index is 364. The lowest BCUT2D eigenvalue weighted by molar-refractivity contribution is -0.121. The molecule has 0 aromatic heterocycles. The molecule has 1 unspecified atom stereocenters. The zero-order valence-corrected chi connectivity index (χ0v) is 9.79. The Morgan fingerprint density at radius 1 is 1.69 bits per heavy atom. The Kier molecular flexibility index (Phi) is 4.58. The molecule has 1 rings (SSSR count). The van der Waals surface area contributed by atoms with Crippen molar-refractivity contribution < 1.29 is 4.79 Å². The topological polar surface area (TPSA) is 41.1 Å². The van der Waals surface area contributed by atoms with E-state index in [2.05, 4.69) is 17.2 Å². The molecule has 0 bridgehead atoms. The van der Waals surface area contributed by atoms with E-state index in [1.165, 1.54) is 0 Å². The summed E-state index contributed by atoms with van der Waals surface area (Å²) in [6.07, 6.45) is 9.61. The molecule has 1 aliphatic heterocycles. The van der Waals surface area contributed by atoms with Crippen LogP contribution in [-0.2, 0) is 4.79 Å². The summed E-state index contributed by atoms with van der Waals surface area (Å²) < 4.78 is 0. The summed E-state index contributed by atoms with van der Waals surface area (Å²) in [5, 5.41) is 5.83. The highest BCUT2D eigenvalue weighted by Gasteiger charge is 2.18. The van der Waals surface area contributed by atoms with Crippen LogP contribution in [0, 0.1) is 0 Å². The van der Waals surface area contributed by atoms with Gasteiger partial charge in [0.2, 0.25) is 5.91 Å². The quantitative estimate of drug-likeness (QED) is 0.756. The van der Waals surface area contributed by atoms with Crippen molar-refractivity contribution in [3.05, 3.63) is 48.2 Å². The largest absolute Gasteiger partial charge is 0.371 e. The first-order valence-corrected chi connectivity index (χ1v) is 5.43. The second kappa shape index (κ2) is 5.95. The minimum Gasteiger partial charge on any atom is -0.371 e. The third kappa shape index (κ3) is 3.12. The van der Waals surface area contributed by atoms with E-state index >= 15 is 0 Å². The Hall–Kier alpha value is -1.77. The highest BCUT2D eigenvalue weighted by atomic mass is 16.2. The average Bonchev–Trinajstić information content (AvgIpc) is 2.27. The van der Waals surface area contributed by atoms with Gasteiger partial charge in [0, 0.05) is 12.2 Å². The molecule has 3 nitrogen and oxygen atoms in total. The van der Waals surface area contributed by atoms with Crippen LogP contribution < -0.4 is 10.6 Å². The lowest BCUT2D eigenvalue weighted by atomic mass is 10.0. The number of nitrogens with one attached hydrogen (secondary N) is 2. The first kappa shape index (κ1) is 12.3. The molecule has 0 aromatic rings. The van der Waals surface area contributed by atoms with Gasteiger partial charge >= 0.3 is 0 Å². The van der Waals surface area contributed by atoms with Crippen LogP contribution in [0.1, 0.15) is 13.8 Å². The number of hydrogen-bond donors (Lipinski definition) is 2. The molecular weight excluding hydrogens is 200 g/mol. The van der Waals surface area contributed by atoms with E-state index in [1.807, 2.05) is 44.2 Å². The Labute approximate surface area is 96.6 Å². The molecule has 1 aliphatic rings. The molecule has 86 valence electrons. The van der Waals surface area contributed by atoms with Gasteiger partial charge in [-0.1, -0.05) is 37.0 Å². The van der Waals surface area contributed by atoms with Gasteiger partial charge in [-0.25, -0.2) is 0 Å². The summed E-state index contributed by atoms with van der Waals surface area (Å²) in [7, 11) is 0. The highest BCUT2D eigenvalue weighted by molar-refractivity contribution is 5.84. The van der Waals surface area contributed by atoms with Gasteiger partial charge in [-0.2, -0.15) is 0 Å². The zero-order chi connectivity index (χ0) is 12.0. The maximum absolute atomic E-state index is 11.6. The minimum atomic E-state index is -0.310. The number of carbonyl (C=O) groups is 1. The summed E-state index contributed by atoms with van der Waals surface area (Å²) in [5.74, 6) is -0.0232. The maximum Gasteiger partial charge on any atom is 0.246 e. The van der Waals surface area contributed by atoms with Gasteiger partial charge in [0.15, 0.2) is 0 Å². The predicted octanol–water partition coefficient (Wildman–Crippen LogP) is 1.67. The predicted molar refractivity (Wildman–Crippen MR) is 66.8 cm³/mol. The summed E-state index contributed by atoms with van der Waals surface area (Å²) in [6.45, 7) is 8.39. The Balaban J connectivity index is 2.73. The second-order valence-corrected chi connectivity index (χ2v) is 3.50. The third-order valence-electron chi connectivity index (χ3n) is 2.25. The fourth-order valence-electron chi connectivity index (χ4n) is 1.41. The smallest absolute Gasteiger partial charge is 0.246 e. The summed E-state index contributed by atoms with van der Waals surface area (Å²) in [6, 6.07) is -0.310. The summed E-state index contributed by atoms with van der Waals surface area (Å²) >= 11 is 0. The lowest BCUT2D eigenvalue weighted by Crippen LogP contribution is -2.43. The summed E-state index contributed by atoms with van der Waals surface area (Å²) in [5.41, 5.74) is 1.77. The van der Waals surface area contributed by atoms with E-state index in [1.54, 1.807) is 0 Å². The van der Waals surface area contributed by atoms with Crippen LogP contribution in [0.25, 0.3) is 0 Å². The molecule has 3 heteroatoms. The van der Waals surface area contributed by atoms with Gasteiger partial charge in [-0.3, -0.25) is 4.79 Å². The Morgan fingerprint density at radius 2 is 2.44 bits per heavy atom. The molecule has 0 saturated carbocycles. The standard InChI is InChI=1S/C13H18N2O/c1-4-6-7-11-8-9-12(15-10(11)3)13(16)14-5-2/h4,6-9,12,15H,3,5H2,1-2H3,(H,14,16)/b6-4-,11-7-. The fourth-order valence-corrected chi connectivity index (χ4v) is 1.41. The molecule has 2 N–H and O–H groups in total. The van der Waals surface area contributed by atoms with E-state index in [4.69, 9.17) is 0 Å². The zero-order valence-electron chi connectivity index (χ0n) is 9.79. The number of allylic oxidation sites excluding steroid dienone is 4. The van der Waals surface area contributed by atoms with E-state index in [0.717, 1.165) is 11.3 Å². The highest BCUT2D eigenvalue weighted by Crippen LogP contribution is 2.14. The number of likely N-dealkylation sites (N-methyl/N-ethyl adjacent to an activating group) is 1. The summed E-state index contributed by atoms with van der Waals surface area (Å²) in [4.78, 5) is 11.6. The van der Waals surface area contributed by atoms with Crippen molar-refractivity contribution in [1.29, 1.82) is 0 Å². The first-order valence-electron chi connectivity index (χ1n) is 5.43. The van der Waals surface area contributed by atoms with Crippen molar-refractivity contribution in [3.63, 3.8) is 0 Å². The molecule has 0 spiro atoms. The molecule has 16 heavy (non-hydrogen) atoms. The van der Waals surface area contributed by atoms with Crippen molar-refractivity contribution in [2.24, 2.45) is 0 Å². The van der Waals surface area contributed by atoms with E-state index in [9.17, 15) is 4.79 Å². The molecule has 0 fully saturated rings. The van der Waals surface area contributed by atoms with Crippen molar-refractivity contribution in [3.8, 4) is 0 Å². The van der Waals surface area contributed by atoms with Crippen LogP contribution in [0.4, 0.5) is 0 Å². The monoisotopic (exact) mass is 218 g/mol. The molecule has 1 atom stereocenters. The molecule has 0 aliphatic carbocycles. The number of carbonyl (C=O) groups excluding carboxylic acids is 1. The van der Waals surface area contributed by atoms with Crippen molar-refractivity contribution >= 4 is 5.91 Å². The minimum absolute atomic E-state index is 0.0232. The van der Waals surface area contributed by atoms with Crippen molar-refractivity contribution in [2.75, 3.05) is 6.54 Å². The Morgan fingerprint density at radius 3 is 3.00 bits per heavy atom. The van der Waals surface area contributed by atoms with Crippen molar-refractivity contribution in [2.45, 2.75) is 19.9 Å². The molecule has 0 radical (unpaired) electrons. The number of hydrogen-bond acceptors (Lipinski definition) is 2. The molecule has 0 saturated heterocycles. The first-order chi connectivity index (χ1) is 7.69. The van der Waals surface area contributed by atoms with Gasteiger partial charge in [0.1, 0.15) is 6.04 Å². The average molecular weight is 218 g/mol. The molecule has 0 aromatic carbocycles. The second-order valence-electron chi connectivity index (χ2n) is 3.50.